The first-order chi connectivity index (χ1) is 33.8. The third-order valence-electron chi connectivity index (χ3n) is 8.81. The normalized spacial score (nSPS) is 9.95. The van der Waals surface area contributed by atoms with Gasteiger partial charge in [0.05, 0.1) is 24.3 Å². The van der Waals surface area contributed by atoms with Gasteiger partial charge >= 0.3 is 109 Å². The van der Waals surface area contributed by atoms with Crippen LogP contribution in [-0.4, -0.2) is 66.9 Å². The fourth-order valence-electron chi connectivity index (χ4n) is 5.52. The van der Waals surface area contributed by atoms with Gasteiger partial charge in [-0.05, 0) is 106 Å². The Labute approximate surface area is 522 Å². The number of aliphatic hydroxyl groups is 1. The molecule has 7 heterocycles. The summed E-state index contributed by atoms with van der Waals surface area (Å²) in [6.45, 7) is 9.74. The van der Waals surface area contributed by atoms with Crippen molar-refractivity contribution in [1.29, 1.82) is 0 Å². The Morgan fingerprint density at radius 3 is 1.55 bits per heavy atom. The largest absolute Gasteiger partial charge is 1.00 e. The Bertz CT molecular complexity index is 3150. The Kier molecular flexibility index (Phi) is 30.9. The Morgan fingerprint density at radius 2 is 1.11 bits per heavy atom. The molecule has 3 N–H and O–H groups in total. The second kappa shape index (κ2) is 33.7. The summed E-state index contributed by atoms with van der Waals surface area (Å²) in [5.74, 6) is -2.43. The van der Waals surface area contributed by atoms with Crippen LogP contribution in [0.3, 0.4) is 0 Å². The number of nitrogens with one attached hydrogen (secondary N) is 2. The van der Waals surface area contributed by atoms with Gasteiger partial charge in [-0.15, -0.1) is 0 Å². The van der Waals surface area contributed by atoms with E-state index >= 15 is 0 Å². The molecule has 7 aromatic heterocycles. The van der Waals surface area contributed by atoms with E-state index in [9.17, 15) is 26.3 Å². The SMILES string of the molecule is C.CCO.Cc1ccc(Nc2nc(-c3c(C(F)(F)F)nc4ccccn34)ncc2F)cc1.Cc1ccc(Nc2nc(Cl)ncc2F)cc1.Cc1nc2ccccn2c1C.Fc1cnc(Cl)nc1Cl.O=CO[O-].[H-].[K+].[K+]. The van der Waals surface area contributed by atoms with Crippen LogP contribution in [-0.2, 0) is 15.9 Å². The number of halogens is 9. The molecular weight excluding hydrogens is 1100 g/mol. The fourth-order valence-corrected chi connectivity index (χ4v) is 5.96. The zero-order valence-corrected chi connectivity index (χ0v) is 48.3. The molecule has 0 aliphatic heterocycles. The van der Waals surface area contributed by atoms with E-state index in [4.69, 9.17) is 50.0 Å². The van der Waals surface area contributed by atoms with Crippen molar-refractivity contribution in [3.8, 4) is 11.5 Å². The molecule has 0 unspecified atom stereocenters. The molecule has 0 saturated heterocycles. The second-order valence-corrected chi connectivity index (χ2v) is 15.0. The molecule has 0 fully saturated rings. The van der Waals surface area contributed by atoms with Crippen LogP contribution in [0.4, 0.5) is 49.4 Å². The van der Waals surface area contributed by atoms with E-state index in [1.54, 1.807) is 31.2 Å². The number of aromatic nitrogens is 10. The number of benzene rings is 2. The first kappa shape index (κ1) is 67.8. The molecule has 0 saturated carbocycles. The van der Waals surface area contributed by atoms with E-state index in [2.05, 4.69) is 66.7 Å². The summed E-state index contributed by atoms with van der Waals surface area (Å²) < 4.78 is 83.5. The van der Waals surface area contributed by atoms with Gasteiger partial charge in [0.15, 0.2) is 45.8 Å². The third-order valence-corrected chi connectivity index (χ3v) is 9.44. The molecule has 2 aromatic carbocycles. The number of carbonyl (C=O) groups is 1. The van der Waals surface area contributed by atoms with E-state index in [-0.39, 0.29) is 169 Å². The number of anilines is 4. The van der Waals surface area contributed by atoms with Crippen LogP contribution >= 0.6 is 34.8 Å². The number of nitrogens with zero attached hydrogens (tertiary/aromatic N) is 10. The van der Waals surface area contributed by atoms with E-state index < -0.39 is 29.3 Å². The van der Waals surface area contributed by atoms with Crippen molar-refractivity contribution in [1.82, 2.24) is 48.7 Å². The van der Waals surface area contributed by atoms with Crippen LogP contribution in [0.5, 0.6) is 0 Å². The van der Waals surface area contributed by atoms with Gasteiger partial charge in [-0.3, -0.25) is 9.20 Å². The van der Waals surface area contributed by atoms with Gasteiger partial charge in [-0.2, -0.15) is 18.2 Å². The van der Waals surface area contributed by atoms with Crippen LogP contribution in [0.25, 0.3) is 22.8 Å². The molecule has 0 atom stereocenters. The first-order valence-corrected chi connectivity index (χ1v) is 21.4. The minimum atomic E-state index is -4.72. The van der Waals surface area contributed by atoms with Crippen molar-refractivity contribution in [2.75, 3.05) is 17.2 Å². The number of alkyl halides is 3. The monoisotopic (exact) mass is 1140 g/mol. The summed E-state index contributed by atoms with van der Waals surface area (Å²) in [5.41, 5.74) is 5.40. The van der Waals surface area contributed by atoms with E-state index in [0.29, 0.717) is 5.69 Å². The number of hydrogen-bond donors (Lipinski definition) is 3. The number of fused-ring (bicyclic) bond motifs is 2. The summed E-state index contributed by atoms with van der Waals surface area (Å²) in [5, 5.41) is 21.3. The molecule has 0 amide bonds. The van der Waals surface area contributed by atoms with E-state index in [0.717, 1.165) is 46.7 Å². The van der Waals surface area contributed by atoms with E-state index in [1.165, 1.54) is 22.4 Å². The van der Waals surface area contributed by atoms with Crippen LogP contribution < -0.4 is 119 Å². The van der Waals surface area contributed by atoms with Crippen molar-refractivity contribution in [3.63, 3.8) is 0 Å². The quantitative estimate of drug-likeness (QED) is 0.0364. The summed E-state index contributed by atoms with van der Waals surface area (Å²) in [4.78, 5) is 41.0. The molecule has 0 spiro atoms. The predicted molar refractivity (Wildman–Crippen MR) is 262 cm³/mol. The summed E-state index contributed by atoms with van der Waals surface area (Å²) in [6.07, 6.45) is 1.52. The number of aliphatic hydroxyl groups excluding tert-OH is 1. The zero-order valence-electron chi connectivity index (χ0n) is 40.8. The summed E-state index contributed by atoms with van der Waals surface area (Å²) in [6, 6.07) is 25.2. The molecule has 74 heavy (non-hydrogen) atoms. The van der Waals surface area contributed by atoms with Gasteiger partial charge in [-0.1, -0.05) is 66.6 Å². The molecule has 16 nitrogen and oxygen atoms in total. The first-order valence-electron chi connectivity index (χ1n) is 20.3. The minimum Gasteiger partial charge on any atom is -1.00 e. The molecular formula is C47H45Cl3F6K2N12O4. The van der Waals surface area contributed by atoms with Crippen molar-refractivity contribution < 1.29 is 151 Å². The molecule has 9 aromatic rings. The average Bonchev–Trinajstić information content (AvgIpc) is 3.89. The third kappa shape index (κ3) is 21.1. The standard InChI is InChI=1S/C19H13F4N5.C11H9ClFN3.C9H10N2.C4HCl2FN2.C2H6O.CH2O3.CH4.2K.H/c1-11-5-7-12(8-6-11)25-17-13(20)10-24-18(27-17)15-16(19(21,22)23)26-14-4-2-3-9-28(14)15;1-7-2-4-8(5-3-7)15-10-9(13)6-14-11(12)16-10;1-7-8(2)11-6-4-3-5-9(11)10-7;5-3-2(7)1-8-4(6)9-3;1-2-3;2-1-4-3;;;;/h2-10H,1H3,(H,24,25,27);2-6H,1H3,(H,14,15,16);3-6H,1-2H3;1H;3H,2H2,1H3;1,3H;1H4;;;/q;;;;;;;2*+1;-1/p-1. The van der Waals surface area contributed by atoms with Crippen LogP contribution in [0, 0.1) is 45.1 Å². The van der Waals surface area contributed by atoms with Crippen LogP contribution in [0.2, 0.25) is 15.7 Å². The molecule has 9 rings (SSSR count). The average molecular weight is 1140 g/mol. The number of pyridine rings is 2. The van der Waals surface area contributed by atoms with Crippen molar-refractivity contribution in [3.05, 3.63) is 177 Å². The van der Waals surface area contributed by atoms with Crippen molar-refractivity contribution >= 4 is 75.6 Å². The van der Waals surface area contributed by atoms with Crippen LogP contribution in [0.15, 0.2) is 116 Å². The number of aryl methyl sites for hydroxylation is 4. The molecule has 0 aliphatic carbocycles. The molecule has 0 bridgehead atoms. The Morgan fingerprint density at radius 1 is 0.676 bits per heavy atom. The van der Waals surface area contributed by atoms with Gasteiger partial charge in [0.25, 0.3) is 6.47 Å². The maximum Gasteiger partial charge on any atom is 1.00 e. The number of hydrogen-bond acceptors (Lipinski definition) is 14. The number of rotatable bonds is 6. The van der Waals surface area contributed by atoms with Gasteiger partial charge < -0.3 is 31.7 Å². The minimum absolute atomic E-state index is 0. The van der Waals surface area contributed by atoms with Gasteiger partial charge in [0.1, 0.15) is 17.0 Å². The van der Waals surface area contributed by atoms with Gasteiger partial charge in [0.2, 0.25) is 10.6 Å². The zero-order chi connectivity index (χ0) is 52.3. The topological polar surface area (TPSA) is 206 Å². The van der Waals surface area contributed by atoms with E-state index in [1.807, 2.05) is 81.6 Å². The second-order valence-electron chi connectivity index (χ2n) is 13.9. The van der Waals surface area contributed by atoms with Crippen LogP contribution in [0.1, 0.15) is 44.0 Å². The molecule has 382 valence electrons. The molecule has 27 heteroatoms. The summed E-state index contributed by atoms with van der Waals surface area (Å²) in [7, 11) is 0. The number of imidazole rings is 2. The number of carbonyl (C=O) groups excluding carboxylic acids is 1. The molecule has 0 aliphatic rings. The molecule has 0 radical (unpaired) electrons. The van der Waals surface area contributed by atoms with Gasteiger partial charge in [0, 0.05) is 36.1 Å². The van der Waals surface area contributed by atoms with Crippen molar-refractivity contribution in [2.45, 2.75) is 48.2 Å². The smallest absolute Gasteiger partial charge is 1.00 e. The fraction of sp³-hybridized carbons (Fsp3) is 0.170. The summed E-state index contributed by atoms with van der Waals surface area (Å²) >= 11 is 16.0. The van der Waals surface area contributed by atoms with Gasteiger partial charge in [-0.25, -0.2) is 48.1 Å². The maximum absolute atomic E-state index is 14.2. The Balaban J connectivity index is 0.000000993. The van der Waals surface area contributed by atoms with Crippen molar-refractivity contribution in [2.24, 2.45) is 0 Å². The predicted octanol–water partition coefficient (Wildman–Crippen LogP) is 5.39. The maximum atomic E-state index is 14.2. The Hall–Kier alpha value is -4.23.